The van der Waals surface area contributed by atoms with Crippen molar-refractivity contribution in [2.75, 3.05) is 13.1 Å². The van der Waals surface area contributed by atoms with Gasteiger partial charge < -0.3 is 5.73 Å². The highest BCUT2D eigenvalue weighted by molar-refractivity contribution is 7.10. The summed E-state index contributed by atoms with van der Waals surface area (Å²) < 4.78 is 0. The molecule has 2 N–H and O–H groups in total. The maximum absolute atomic E-state index is 6.23. The first kappa shape index (κ1) is 15.0. The quantitative estimate of drug-likeness (QED) is 0.854. The van der Waals surface area contributed by atoms with Gasteiger partial charge in [0.05, 0.1) is 0 Å². The fourth-order valence-electron chi connectivity index (χ4n) is 3.82. The van der Waals surface area contributed by atoms with Gasteiger partial charge in [-0.05, 0) is 43.2 Å². The van der Waals surface area contributed by atoms with E-state index in [2.05, 4.69) is 37.1 Å². The van der Waals surface area contributed by atoms with Gasteiger partial charge in [0.15, 0.2) is 0 Å². The van der Waals surface area contributed by atoms with Gasteiger partial charge in [-0.2, -0.15) is 0 Å². The number of hydrogen-bond donors (Lipinski definition) is 1. The summed E-state index contributed by atoms with van der Waals surface area (Å²) >= 11 is 1.92. The zero-order valence-electron chi connectivity index (χ0n) is 12.6. The van der Waals surface area contributed by atoms with Crippen LogP contribution in [0.25, 0.3) is 0 Å². The van der Waals surface area contributed by atoms with Crippen molar-refractivity contribution < 1.29 is 0 Å². The number of rotatable bonds is 6. The highest BCUT2D eigenvalue weighted by Gasteiger charge is 2.39. The third-order valence-electron chi connectivity index (χ3n) is 4.70. The molecule has 2 rings (SSSR count). The summed E-state index contributed by atoms with van der Waals surface area (Å²) in [7, 11) is 0. The molecule has 108 valence electrons. The van der Waals surface area contributed by atoms with Crippen molar-refractivity contribution in [3.63, 3.8) is 0 Å². The van der Waals surface area contributed by atoms with Gasteiger partial charge in [-0.15, -0.1) is 11.3 Å². The zero-order valence-corrected chi connectivity index (χ0v) is 13.4. The second-order valence-electron chi connectivity index (χ2n) is 5.85. The first-order chi connectivity index (χ1) is 9.18. The number of fused-ring (bicyclic) bond motifs is 1. The van der Waals surface area contributed by atoms with Gasteiger partial charge >= 0.3 is 0 Å². The molecule has 0 aromatic carbocycles. The molecule has 0 fully saturated rings. The van der Waals surface area contributed by atoms with E-state index < -0.39 is 0 Å². The molecule has 0 spiro atoms. The molecule has 1 atom stereocenters. The number of thiophene rings is 1. The average molecular weight is 280 g/mol. The molecule has 3 heteroatoms. The van der Waals surface area contributed by atoms with E-state index >= 15 is 0 Å². The second kappa shape index (κ2) is 6.38. The minimum atomic E-state index is 0.211. The Hall–Kier alpha value is -0.380. The van der Waals surface area contributed by atoms with E-state index in [1.165, 1.54) is 38.6 Å². The highest BCUT2D eigenvalue weighted by atomic mass is 32.1. The van der Waals surface area contributed by atoms with Gasteiger partial charge in [0.1, 0.15) is 0 Å². The van der Waals surface area contributed by atoms with Crippen molar-refractivity contribution >= 4 is 11.3 Å². The predicted molar refractivity (Wildman–Crippen MR) is 84.7 cm³/mol. The van der Waals surface area contributed by atoms with Crippen LogP contribution in [0, 0.1) is 0 Å². The van der Waals surface area contributed by atoms with Crippen LogP contribution in [0.2, 0.25) is 0 Å². The summed E-state index contributed by atoms with van der Waals surface area (Å²) in [5.41, 5.74) is 7.98. The van der Waals surface area contributed by atoms with Gasteiger partial charge in [-0.3, -0.25) is 4.90 Å². The SMILES string of the molecule is CCCC(CN)(CCC)N1CCc2sccc2C1C. The Morgan fingerprint density at radius 2 is 2.05 bits per heavy atom. The fraction of sp³-hybridized carbons (Fsp3) is 0.750. The lowest BCUT2D eigenvalue weighted by molar-refractivity contribution is 0.0321. The Balaban J connectivity index is 2.27. The molecule has 0 aliphatic carbocycles. The van der Waals surface area contributed by atoms with Gasteiger partial charge in [0, 0.05) is 29.5 Å². The van der Waals surface area contributed by atoms with Crippen molar-refractivity contribution in [2.24, 2.45) is 5.73 Å². The third kappa shape index (κ3) is 2.74. The Kier molecular flexibility index (Phi) is 5.04. The van der Waals surface area contributed by atoms with E-state index in [0.717, 1.165) is 6.54 Å². The van der Waals surface area contributed by atoms with Crippen LogP contribution in [0.5, 0.6) is 0 Å². The van der Waals surface area contributed by atoms with Crippen molar-refractivity contribution in [3.05, 3.63) is 21.9 Å². The monoisotopic (exact) mass is 280 g/mol. The van der Waals surface area contributed by atoms with E-state index in [1.54, 1.807) is 10.4 Å². The van der Waals surface area contributed by atoms with Crippen molar-refractivity contribution in [2.45, 2.75) is 64.5 Å². The lowest BCUT2D eigenvalue weighted by atomic mass is 9.83. The maximum atomic E-state index is 6.23. The average Bonchev–Trinajstić information content (AvgIpc) is 2.88. The summed E-state index contributed by atoms with van der Waals surface area (Å²) in [4.78, 5) is 4.29. The molecule has 2 heterocycles. The van der Waals surface area contributed by atoms with Crippen LogP contribution in [-0.2, 0) is 6.42 Å². The van der Waals surface area contributed by atoms with Crippen LogP contribution in [-0.4, -0.2) is 23.5 Å². The number of nitrogens with two attached hydrogens (primary N) is 1. The molecule has 2 nitrogen and oxygen atoms in total. The van der Waals surface area contributed by atoms with E-state index in [1.807, 2.05) is 11.3 Å². The summed E-state index contributed by atoms with van der Waals surface area (Å²) in [6.45, 7) is 8.89. The Morgan fingerprint density at radius 1 is 1.37 bits per heavy atom. The fourth-order valence-corrected chi connectivity index (χ4v) is 4.78. The smallest absolute Gasteiger partial charge is 0.0337 e. The molecule has 1 aromatic heterocycles. The van der Waals surface area contributed by atoms with E-state index in [9.17, 15) is 0 Å². The lowest BCUT2D eigenvalue weighted by Crippen LogP contribution is -2.56. The van der Waals surface area contributed by atoms with Gasteiger partial charge in [-0.25, -0.2) is 0 Å². The maximum Gasteiger partial charge on any atom is 0.0337 e. The first-order valence-corrected chi connectivity index (χ1v) is 8.59. The molecular weight excluding hydrogens is 252 g/mol. The number of hydrogen-bond acceptors (Lipinski definition) is 3. The molecular formula is C16H28N2S. The van der Waals surface area contributed by atoms with Gasteiger partial charge in [0.2, 0.25) is 0 Å². The van der Waals surface area contributed by atoms with Gasteiger partial charge in [0.25, 0.3) is 0 Å². The summed E-state index contributed by atoms with van der Waals surface area (Å²) in [5, 5.41) is 2.24. The molecule has 1 aliphatic rings. The van der Waals surface area contributed by atoms with E-state index in [4.69, 9.17) is 5.73 Å². The largest absolute Gasteiger partial charge is 0.329 e. The van der Waals surface area contributed by atoms with Crippen LogP contribution in [0.1, 0.15) is 62.9 Å². The lowest BCUT2D eigenvalue weighted by Gasteiger charge is -2.49. The Morgan fingerprint density at radius 3 is 2.63 bits per heavy atom. The summed E-state index contributed by atoms with van der Waals surface area (Å²) in [6.07, 6.45) is 6.09. The normalized spacial score (nSPS) is 20.5. The molecule has 0 amide bonds. The molecule has 0 saturated carbocycles. The molecule has 19 heavy (non-hydrogen) atoms. The van der Waals surface area contributed by atoms with Crippen LogP contribution in [0.4, 0.5) is 0 Å². The van der Waals surface area contributed by atoms with Crippen LogP contribution in [0.15, 0.2) is 11.4 Å². The second-order valence-corrected chi connectivity index (χ2v) is 6.85. The molecule has 1 aromatic rings. The van der Waals surface area contributed by atoms with Crippen LogP contribution < -0.4 is 5.73 Å². The molecule has 0 bridgehead atoms. The van der Waals surface area contributed by atoms with E-state index in [-0.39, 0.29) is 5.54 Å². The topological polar surface area (TPSA) is 29.3 Å². The molecule has 1 aliphatic heterocycles. The standard InChI is InChI=1S/C16H28N2S/c1-4-8-16(12-17,9-5-2)18-10-6-15-14(13(18)3)7-11-19-15/h7,11,13H,4-6,8-10,12,17H2,1-3H3. The third-order valence-corrected chi connectivity index (χ3v) is 5.69. The minimum Gasteiger partial charge on any atom is -0.329 e. The van der Waals surface area contributed by atoms with Crippen LogP contribution >= 0.6 is 11.3 Å². The number of nitrogens with zero attached hydrogens (tertiary/aromatic N) is 1. The first-order valence-electron chi connectivity index (χ1n) is 7.71. The zero-order chi connectivity index (χ0) is 13.9. The van der Waals surface area contributed by atoms with Crippen molar-refractivity contribution in [1.82, 2.24) is 4.90 Å². The predicted octanol–water partition coefficient (Wildman–Crippen LogP) is 3.96. The minimum absolute atomic E-state index is 0.211. The van der Waals surface area contributed by atoms with E-state index in [0.29, 0.717) is 6.04 Å². The summed E-state index contributed by atoms with van der Waals surface area (Å²) in [5.74, 6) is 0. The van der Waals surface area contributed by atoms with Crippen molar-refractivity contribution in [1.29, 1.82) is 0 Å². The Bertz CT molecular complexity index is 393. The molecule has 1 unspecified atom stereocenters. The molecule has 0 radical (unpaired) electrons. The highest BCUT2D eigenvalue weighted by Crippen LogP contribution is 2.40. The van der Waals surface area contributed by atoms with Gasteiger partial charge in [-0.1, -0.05) is 26.7 Å². The summed E-state index contributed by atoms with van der Waals surface area (Å²) in [6, 6.07) is 2.84. The molecule has 0 saturated heterocycles. The Labute approximate surface area is 122 Å². The van der Waals surface area contributed by atoms with Crippen LogP contribution in [0.3, 0.4) is 0 Å². The van der Waals surface area contributed by atoms with Crippen molar-refractivity contribution in [3.8, 4) is 0 Å².